The predicted octanol–water partition coefficient (Wildman–Crippen LogP) is 4.12. The maximum atomic E-state index is 12.4. The Kier molecular flexibility index (Phi) is 4.97. The molecule has 0 heterocycles. The predicted molar refractivity (Wildman–Crippen MR) is 84.7 cm³/mol. The van der Waals surface area contributed by atoms with Gasteiger partial charge in [-0.25, -0.2) is 0 Å². The van der Waals surface area contributed by atoms with E-state index >= 15 is 0 Å². The van der Waals surface area contributed by atoms with E-state index in [4.69, 9.17) is 11.6 Å². The van der Waals surface area contributed by atoms with Crippen LogP contribution < -0.4 is 5.32 Å². The van der Waals surface area contributed by atoms with Crippen LogP contribution in [0.5, 0.6) is 5.75 Å². The molecular weight excluding hydrogens is 342 g/mol. The van der Waals surface area contributed by atoms with Gasteiger partial charge >= 0.3 is 0 Å². The lowest BCUT2D eigenvalue weighted by molar-refractivity contribution is 0.0874. The van der Waals surface area contributed by atoms with Crippen molar-refractivity contribution in [2.45, 2.75) is 38.1 Å². The molecule has 1 aliphatic carbocycles. The van der Waals surface area contributed by atoms with E-state index in [1.807, 2.05) is 0 Å². The first kappa shape index (κ1) is 15.6. The van der Waals surface area contributed by atoms with Crippen molar-refractivity contribution in [3.63, 3.8) is 0 Å². The van der Waals surface area contributed by atoms with E-state index in [0.29, 0.717) is 16.5 Å². The van der Waals surface area contributed by atoms with Crippen molar-refractivity contribution >= 4 is 33.4 Å². The quantitative estimate of drug-likeness (QED) is 0.797. The molecule has 2 N–H and O–H groups in total. The summed E-state index contributed by atoms with van der Waals surface area (Å²) in [6, 6.07) is 4.42. The summed E-state index contributed by atoms with van der Waals surface area (Å²) in [4.78, 5) is 12.4. The van der Waals surface area contributed by atoms with Gasteiger partial charge in [-0.05, 0) is 49.8 Å². The first-order valence-electron chi connectivity index (χ1n) is 6.83. The van der Waals surface area contributed by atoms with Gasteiger partial charge < -0.3 is 10.4 Å². The van der Waals surface area contributed by atoms with Crippen molar-refractivity contribution in [1.29, 1.82) is 0 Å². The highest BCUT2D eigenvalue weighted by molar-refractivity contribution is 9.09. The van der Waals surface area contributed by atoms with Crippen LogP contribution in [0.15, 0.2) is 18.2 Å². The fourth-order valence-corrected chi connectivity index (χ4v) is 3.51. The highest BCUT2D eigenvalue weighted by Gasteiger charge is 2.35. The van der Waals surface area contributed by atoms with Crippen molar-refractivity contribution in [3.8, 4) is 5.75 Å². The number of phenolic OH excluding ortho intramolecular Hbond substituents is 1. The van der Waals surface area contributed by atoms with Crippen LogP contribution in [0.2, 0.25) is 5.02 Å². The molecule has 0 saturated heterocycles. The second-order valence-corrected chi connectivity index (χ2v) is 6.68. The number of nitrogens with one attached hydrogen (secondary N) is 1. The van der Waals surface area contributed by atoms with Crippen LogP contribution in [-0.4, -0.2) is 21.9 Å². The van der Waals surface area contributed by atoms with Crippen LogP contribution in [0.25, 0.3) is 0 Å². The molecule has 110 valence electrons. The molecule has 3 nitrogen and oxygen atoms in total. The number of aromatic hydroxyl groups is 1. The van der Waals surface area contributed by atoms with E-state index in [1.54, 1.807) is 0 Å². The molecule has 1 amide bonds. The maximum absolute atomic E-state index is 12.4. The zero-order chi connectivity index (χ0) is 14.8. The third kappa shape index (κ3) is 3.47. The zero-order valence-corrected chi connectivity index (χ0v) is 13.8. The molecule has 5 heteroatoms. The minimum atomic E-state index is -0.222. The Labute approximate surface area is 132 Å². The standard InChI is InChI=1S/C15H19BrClNO2/c1-10-4-6-15(9-16,7-5-10)18-14(20)12-8-11(19)2-3-13(12)17/h2-3,8,10,19H,4-7,9H2,1H3,(H,18,20). The molecule has 0 aromatic heterocycles. The third-order valence-electron chi connectivity index (χ3n) is 4.06. The highest BCUT2D eigenvalue weighted by Crippen LogP contribution is 2.34. The van der Waals surface area contributed by atoms with Crippen LogP contribution in [-0.2, 0) is 0 Å². The highest BCUT2D eigenvalue weighted by atomic mass is 79.9. The van der Waals surface area contributed by atoms with Crippen molar-refractivity contribution < 1.29 is 9.90 Å². The molecule has 1 aromatic carbocycles. The molecule has 0 aliphatic heterocycles. The number of carbonyl (C=O) groups excluding carboxylic acids is 1. The number of rotatable bonds is 3. The van der Waals surface area contributed by atoms with Gasteiger partial charge in [0, 0.05) is 5.33 Å². The zero-order valence-electron chi connectivity index (χ0n) is 11.5. The average Bonchev–Trinajstić information content (AvgIpc) is 2.44. The number of alkyl halides is 1. The number of hydrogen-bond acceptors (Lipinski definition) is 2. The summed E-state index contributed by atoms with van der Waals surface area (Å²) in [6.45, 7) is 2.24. The summed E-state index contributed by atoms with van der Waals surface area (Å²) < 4.78 is 0. The molecule has 0 radical (unpaired) electrons. The van der Waals surface area contributed by atoms with Gasteiger partial charge in [-0.15, -0.1) is 0 Å². The lowest BCUT2D eigenvalue weighted by Gasteiger charge is -2.39. The Morgan fingerprint density at radius 2 is 2.15 bits per heavy atom. The molecular formula is C15H19BrClNO2. The van der Waals surface area contributed by atoms with Gasteiger partial charge in [-0.1, -0.05) is 34.5 Å². The van der Waals surface area contributed by atoms with Crippen molar-refractivity contribution in [1.82, 2.24) is 5.32 Å². The van der Waals surface area contributed by atoms with Crippen LogP contribution in [0, 0.1) is 5.92 Å². The van der Waals surface area contributed by atoms with Gasteiger partial charge in [-0.2, -0.15) is 0 Å². The third-order valence-corrected chi connectivity index (χ3v) is 5.46. The summed E-state index contributed by atoms with van der Waals surface area (Å²) >= 11 is 9.56. The van der Waals surface area contributed by atoms with E-state index in [-0.39, 0.29) is 17.2 Å². The van der Waals surface area contributed by atoms with Crippen LogP contribution in [0.4, 0.5) is 0 Å². The minimum Gasteiger partial charge on any atom is -0.508 e. The second kappa shape index (κ2) is 6.35. The number of amides is 1. The topological polar surface area (TPSA) is 49.3 Å². The summed E-state index contributed by atoms with van der Waals surface area (Å²) in [5.74, 6) is 0.535. The van der Waals surface area contributed by atoms with Gasteiger partial charge in [0.05, 0.1) is 16.1 Å². The maximum Gasteiger partial charge on any atom is 0.253 e. The van der Waals surface area contributed by atoms with Crippen LogP contribution in [0.1, 0.15) is 43.0 Å². The Morgan fingerprint density at radius 3 is 2.75 bits per heavy atom. The van der Waals surface area contributed by atoms with E-state index in [0.717, 1.165) is 31.0 Å². The Hall–Kier alpha value is -0.740. The molecule has 2 rings (SSSR count). The SMILES string of the molecule is CC1CCC(CBr)(NC(=O)c2cc(O)ccc2Cl)CC1. The Bertz CT molecular complexity index is 499. The number of benzene rings is 1. The van der Waals surface area contributed by atoms with E-state index < -0.39 is 0 Å². The van der Waals surface area contributed by atoms with Crippen LogP contribution >= 0.6 is 27.5 Å². The molecule has 1 aromatic rings. The lowest BCUT2D eigenvalue weighted by Crippen LogP contribution is -2.52. The second-order valence-electron chi connectivity index (χ2n) is 5.71. The largest absolute Gasteiger partial charge is 0.508 e. The molecule has 0 bridgehead atoms. The molecule has 1 fully saturated rings. The normalized spacial score (nSPS) is 26.2. The number of phenols is 1. The number of halogens is 2. The van der Waals surface area contributed by atoms with E-state index in [2.05, 4.69) is 28.2 Å². The van der Waals surface area contributed by atoms with E-state index in [1.165, 1.54) is 18.2 Å². The number of carbonyl (C=O) groups is 1. The first-order valence-corrected chi connectivity index (χ1v) is 8.33. The van der Waals surface area contributed by atoms with Gasteiger partial charge in [0.2, 0.25) is 0 Å². The van der Waals surface area contributed by atoms with Gasteiger partial charge in [0.15, 0.2) is 0 Å². The summed E-state index contributed by atoms with van der Waals surface area (Å²) in [5, 5.41) is 13.7. The molecule has 0 atom stereocenters. The van der Waals surface area contributed by atoms with Gasteiger partial charge in [0.25, 0.3) is 5.91 Å². The van der Waals surface area contributed by atoms with E-state index in [9.17, 15) is 9.90 Å². The summed E-state index contributed by atoms with van der Waals surface area (Å²) in [5.41, 5.74) is 0.115. The van der Waals surface area contributed by atoms with Crippen LogP contribution in [0.3, 0.4) is 0 Å². The minimum absolute atomic E-state index is 0.0460. The van der Waals surface area contributed by atoms with Crippen molar-refractivity contribution in [2.75, 3.05) is 5.33 Å². The molecule has 20 heavy (non-hydrogen) atoms. The molecule has 0 spiro atoms. The monoisotopic (exact) mass is 359 g/mol. The fourth-order valence-electron chi connectivity index (χ4n) is 2.60. The first-order chi connectivity index (χ1) is 9.46. The Morgan fingerprint density at radius 1 is 1.50 bits per heavy atom. The van der Waals surface area contributed by atoms with Crippen molar-refractivity contribution in [3.05, 3.63) is 28.8 Å². The average molecular weight is 361 g/mol. The van der Waals surface area contributed by atoms with Gasteiger partial charge in [-0.3, -0.25) is 4.79 Å². The Balaban J connectivity index is 2.15. The van der Waals surface area contributed by atoms with Crippen molar-refractivity contribution in [2.24, 2.45) is 5.92 Å². The fraction of sp³-hybridized carbons (Fsp3) is 0.533. The molecule has 0 unspecified atom stereocenters. The lowest BCUT2D eigenvalue weighted by atomic mass is 9.78. The summed E-state index contributed by atoms with van der Waals surface area (Å²) in [7, 11) is 0. The molecule has 1 saturated carbocycles. The molecule has 1 aliphatic rings. The summed E-state index contributed by atoms with van der Waals surface area (Å²) in [6.07, 6.45) is 4.14. The number of hydrogen-bond donors (Lipinski definition) is 2. The van der Waals surface area contributed by atoms with Gasteiger partial charge in [0.1, 0.15) is 5.75 Å². The smallest absolute Gasteiger partial charge is 0.253 e.